The van der Waals surface area contributed by atoms with Crippen molar-refractivity contribution in [1.82, 2.24) is 0 Å². The molecule has 1 aromatic rings. The Morgan fingerprint density at radius 2 is 2.21 bits per heavy atom. The molecule has 0 unspecified atom stereocenters. The molecule has 0 fully saturated rings. The normalized spacial score (nSPS) is 12.5. The monoisotopic (exact) mass is 195 g/mol. The van der Waals surface area contributed by atoms with Gasteiger partial charge in [0.2, 0.25) is 0 Å². The SMILES string of the molecule is Cc1ccc(C[C@@H](C)O)cc1[N+](=O)[O-]. The van der Waals surface area contributed by atoms with Crippen LogP contribution in [0.1, 0.15) is 18.1 Å². The zero-order valence-corrected chi connectivity index (χ0v) is 8.23. The van der Waals surface area contributed by atoms with Gasteiger partial charge in [0.1, 0.15) is 0 Å². The van der Waals surface area contributed by atoms with Crippen molar-refractivity contribution in [2.45, 2.75) is 26.4 Å². The van der Waals surface area contributed by atoms with Crippen molar-refractivity contribution in [1.29, 1.82) is 0 Å². The van der Waals surface area contributed by atoms with Crippen LogP contribution in [0.4, 0.5) is 5.69 Å². The third-order valence-electron chi connectivity index (χ3n) is 2.00. The number of nitro benzene ring substituents is 1. The molecule has 0 saturated carbocycles. The van der Waals surface area contributed by atoms with Crippen molar-refractivity contribution in [3.05, 3.63) is 39.4 Å². The lowest BCUT2D eigenvalue weighted by Crippen LogP contribution is -2.04. The van der Waals surface area contributed by atoms with Gasteiger partial charge in [-0.15, -0.1) is 0 Å². The van der Waals surface area contributed by atoms with Crippen molar-refractivity contribution in [2.75, 3.05) is 0 Å². The van der Waals surface area contributed by atoms with Crippen LogP contribution in [-0.2, 0) is 6.42 Å². The lowest BCUT2D eigenvalue weighted by molar-refractivity contribution is -0.385. The molecule has 1 rings (SSSR count). The Morgan fingerprint density at radius 1 is 1.57 bits per heavy atom. The molecule has 0 bridgehead atoms. The molecule has 0 aliphatic heterocycles. The molecule has 76 valence electrons. The summed E-state index contributed by atoms with van der Waals surface area (Å²) in [7, 11) is 0. The molecule has 14 heavy (non-hydrogen) atoms. The standard InChI is InChI=1S/C10H13NO3/c1-7-3-4-9(5-8(2)12)6-10(7)11(13)14/h3-4,6,8,12H,5H2,1-2H3/t8-/m1/s1. The minimum absolute atomic E-state index is 0.114. The quantitative estimate of drug-likeness (QED) is 0.591. The number of benzene rings is 1. The summed E-state index contributed by atoms with van der Waals surface area (Å²) < 4.78 is 0. The van der Waals surface area contributed by atoms with Crippen molar-refractivity contribution in [2.24, 2.45) is 0 Å². The van der Waals surface area contributed by atoms with Crippen LogP contribution in [0.5, 0.6) is 0 Å². The van der Waals surface area contributed by atoms with E-state index in [0.29, 0.717) is 12.0 Å². The van der Waals surface area contributed by atoms with Crippen LogP contribution in [-0.4, -0.2) is 16.1 Å². The Labute approximate surface area is 82.3 Å². The first-order valence-corrected chi connectivity index (χ1v) is 4.42. The summed E-state index contributed by atoms with van der Waals surface area (Å²) in [5.74, 6) is 0. The number of nitrogens with zero attached hydrogens (tertiary/aromatic N) is 1. The van der Waals surface area contributed by atoms with Crippen LogP contribution in [0.2, 0.25) is 0 Å². The van der Waals surface area contributed by atoms with E-state index in [2.05, 4.69) is 0 Å². The van der Waals surface area contributed by atoms with Gasteiger partial charge in [-0.3, -0.25) is 10.1 Å². The molecule has 0 amide bonds. The lowest BCUT2D eigenvalue weighted by atomic mass is 10.1. The molecule has 4 heteroatoms. The van der Waals surface area contributed by atoms with Gasteiger partial charge < -0.3 is 5.11 Å². The molecular formula is C10H13NO3. The molecule has 4 nitrogen and oxygen atoms in total. The summed E-state index contributed by atoms with van der Waals surface area (Å²) in [6.45, 7) is 3.36. The zero-order chi connectivity index (χ0) is 10.7. The average molecular weight is 195 g/mol. The summed E-state index contributed by atoms with van der Waals surface area (Å²) in [4.78, 5) is 10.2. The number of aliphatic hydroxyl groups is 1. The highest BCUT2D eigenvalue weighted by atomic mass is 16.6. The molecule has 0 radical (unpaired) electrons. The van der Waals surface area contributed by atoms with E-state index in [1.54, 1.807) is 26.0 Å². The van der Waals surface area contributed by atoms with Gasteiger partial charge in [-0.25, -0.2) is 0 Å². The molecule has 0 aromatic heterocycles. The van der Waals surface area contributed by atoms with E-state index in [9.17, 15) is 10.1 Å². The first-order chi connectivity index (χ1) is 6.50. The number of aryl methyl sites for hydroxylation is 1. The zero-order valence-electron chi connectivity index (χ0n) is 8.23. The Kier molecular flexibility index (Phi) is 3.19. The number of rotatable bonds is 3. The van der Waals surface area contributed by atoms with Crippen LogP contribution in [0, 0.1) is 17.0 Å². The van der Waals surface area contributed by atoms with E-state index in [-0.39, 0.29) is 5.69 Å². The van der Waals surface area contributed by atoms with Gasteiger partial charge in [-0.2, -0.15) is 0 Å². The second kappa shape index (κ2) is 4.19. The third-order valence-corrected chi connectivity index (χ3v) is 2.00. The van der Waals surface area contributed by atoms with E-state index in [1.807, 2.05) is 0 Å². The second-order valence-electron chi connectivity index (χ2n) is 3.43. The topological polar surface area (TPSA) is 63.4 Å². The highest BCUT2D eigenvalue weighted by Gasteiger charge is 2.11. The molecule has 1 atom stereocenters. The highest BCUT2D eigenvalue weighted by Crippen LogP contribution is 2.19. The predicted molar refractivity (Wildman–Crippen MR) is 53.2 cm³/mol. The van der Waals surface area contributed by atoms with Gasteiger partial charge in [0.25, 0.3) is 5.69 Å². The molecule has 0 aliphatic carbocycles. The lowest BCUT2D eigenvalue weighted by Gasteiger charge is -2.04. The summed E-state index contributed by atoms with van der Waals surface area (Å²) in [5, 5.41) is 19.7. The van der Waals surface area contributed by atoms with Gasteiger partial charge in [-0.1, -0.05) is 12.1 Å². The summed E-state index contributed by atoms with van der Waals surface area (Å²) >= 11 is 0. The smallest absolute Gasteiger partial charge is 0.272 e. The van der Waals surface area contributed by atoms with E-state index in [1.165, 1.54) is 6.07 Å². The van der Waals surface area contributed by atoms with Gasteiger partial charge in [0.05, 0.1) is 11.0 Å². The minimum Gasteiger partial charge on any atom is -0.393 e. The first-order valence-electron chi connectivity index (χ1n) is 4.42. The molecule has 0 aliphatic rings. The van der Waals surface area contributed by atoms with E-state index in [4.69, 9.17) is 5.11 Å². The maximum atomic E-state index is 10.6. The molecule has 1 aromatic carbocycles. The first kappa shape index (κ1) is 10.7. The van der Waals surface area contributed by atoms with Crippen LogP contribution >= 0.6 is 0 Å². The average Bonchev–Trinajstić information content (AvgIpc) is 2.07. The van der Waals surface area contributed by atoms with Crippen molar-refractivity contribution in [3.63, 3.8) is 0 Å². The van der Waals surface area contributed by atoms with E-state index < -0.39 is 11.0 Å². The molecule has 1 N–H and O–H groups in total. The Bertz CT molecular complexity index is 347. The maximum absolute atomic E-state index is 10.6. The molecule has 0 spiro atoms. The van der Waals surface area contributed by atoms with Gasteiger partial charge in [-0.05, 0) is 25.8 Å². The number of aliphatic hydroxyl groups excluding tert-OH is 1. The van der Waals surface area contributed by atoms with Crippen molar-refractivity contribution >= 4 is 5.69 Å². The summed E-state index contributed by atoms with van der Waals surface area (Å²) in [6.07, 6.45) is -0.0292. The molecular weight excluding hydrogens is 182 g/mol. The van der Waals surface area contributed by atoms with Gasteiger partial charge in [0, 0.05) is 11.6 Å². The summed E-state index contributed by atoms with van der Waals surface area (Å²) in [5.41, 5.74) is 1.55. The van der Waals surface area contributed by atoms with E-state index in [0.717, 1.165) is 5.56 Å². The van der Waals surface area contributed by atoms with Gasteiger partial charge >= 0.3 is 0 Å². The number of nitro groups is 1. The van der Waals surface area contributed by atoms with Crippen LogP contribution < -0.4 is 0 Å². The fourth-order valence-electron chi connectivity index (χ4n) is 1.32. The fourth-order valence-corrected chi connectivity index (χ4v) is 1.32. The Hall–Kier alpha value is -1.42. The molecule has 0 heterocycles. The van der Waals surface area contributed by atoms with Gasteiger partial charge in [0.15, 0.2) is 0 Å². The van der Waals surface area contributed by atoms with Crippen molar-refractivity contribution in [3.8, 4) is 0 Å². The van der Waals surface area contributed by atoms with Crippen molar-refractivity contribution < 1.29 is 10.0 Å². The van der Waals surface area contributed by atoms with Crippen LogP contribution in [0.3, 0.4) is 0 Å². The third kappa shape index (κ3) is 2.53. The largest absolute Gasteiger partial charge is 0.393 e. The molecule has 0 saturated heterocycles. The second-order valence-corrected chi connectivity index (χ2v) is 3.43. The van der Waals surface area contributed by atoms with E-state index >= 15 is 0 Å². The Morgan fingerprint density at radius 3 is 2.71 bits per heavy atom. The number of hydrogen-bond donors (Lipinski definition) is 1. The fraction of sp³-hybridized carbons (Fsp3) is 0.400. The predicted octanol–water partition coefficient (Wildman–Crippen LogP) is 1.83. The maximum Gasteiger partial charge on any atom is 0.272 e. The Balaban J connectivity index is 3.00. The minimum atomic E-state index is -0.475. The highest BCUT2D eigenvalue weighted by molar-refractivity contribution is 5.42. The summed E-state index contributed by atoms with van der Waals surface area (Å²) in [6, 6.07) is 5.02. The van der Waals surface area contributed by atoms with Crippen LogP contribution in [0.15, 0.2) is 18.2 Å². The van der Waals surface area contributed by atoms with Crippen LogP contribution in [0.25, 0.3) is 0 Å². The number of hydrogen-bond acceptors (Lipinski definition) is 3.